The van der Waals surface area contributed by atoms with Gasteiger partial charge in [-0.1, -0.05) is 61.3 Å². The third-order valence-corrected chi connectivity index (χ3v) is 4.46. The fourth-order valence-corrected chi connectivity index (χ4v) is 3.13. The fraction of sp³-hybridized carbons (Fsp3) is 0.294. The molecule has 3 rings (SSSR count). The molecule has 0 saturated carbocycles. The van der Waals surface area contributed by atoms with Gasteiger partial charge in [0.15, 0.2) is 0 Å². The average molecular weight is 299 g/mol. The van der Waals surface area contributed by atoms with Gasteiger partial charge in [-0.3, -0.25) is 9.21 Å². The molecule has 1 unspecified atom stereocenters. The second kappa shape index (κ2) is 6.52. The summed E-state index contributed by atoms with van der Waals surface area (Å²) in [7, 11) is 0. The molecule has 3 nitrogen and oxygen atoms in total. The van der Waals surface area contributed by atoms with E-state index >= 15 is 0 Å². The number of anilines is 1. The fourth-order valence-electron chi connectivity index (χ4n) is 2.95. The van der Waals surface area contributed by atoms with Crippen LogP contribution in [0, 0.1) is 0 Å². The number of benzene rings is 2. The van der Waals surface area contributed by atoms with Crippen molar-refractivity contribution in [1.29, 1.82) is 0 Å². The number of nitrogens with zero attached hydrogens (tertiary/aromatic N) is 2. The molecule has 110 valence electrons. The molecule has 0 amide bonds. The largest absolute Gasteiger partial charge is 0.398 e. The number of rotatable bonds is 3. The number of hydrogen-bond acceptors (Lipinski definition) is 4. The van der Waals surface area contributed by atoms with Crippen LogP contribution in [0.4, 0.5) is 5.69 Å². The molecular weight excluding hydrogens is 278 g/mol. The molecule has 1 saturated heterocycles. The first kappa shape index (κ1) is 14.4. The quantitative estimate of drug-likeness (QED) is 0.675. The van der Waals surface area contributed by atoms with Gasteiger partial charge in [-0.05, 0) is 17.2 Å². The van der Waals surface area contributed by atoms with Gasteiger partial charge in [0.1, 0.15) is 0 Å². The van der Waals surface area contributed by atoms with E-state index in [9.17, 15) is 0 Å². The third kappa shape index (κ3) is 3.23. The van der Waals surface area contributed by atoms with Crippen LogP contribution in [0.1, 0.15) is 17.2 Å². The summed E-state index contributed by atoms with van der Waals surface area (Å²) >= 11 is 4.45. The maximum Gasteiger partial charge on any atom is 0.0623 e. The number of thiol groups is 1. The molecule has 1 fully saturated rings. The molecule has 0 spiro atoms. The molecule has 21 heavy (non-hydrogen) atoms. The second-order valence-electron chi connectivity index (χ2n) is 5.43. The SMILES string of the molecule is Nc1ccccc1C(c1ccccc1)N1CCN(S)CC1. The van der Waals surface area contributed by atoms with Crippen molar-refractivity contribution in [2.24, 2.45) is 0 Å². The van der Waals surface area contributed by atoms with Crippen molar-refractivity contribution in [3.8, 4) is 0 Å². The highest BCUT2D eigenvalue weighted by Crippen LogP contribution is 2.32. The van der Waals surface area contributed by atoms with Crippen molar-refractivity contribution in [2.45, 2.75) is 6.04 Å². The summed E-state index contributed by atoms with van der Waals surface area (Å²) in [5, 5.41) is 0. The molecule has 1 heterocycles. The summed E-state index contributed by atoms with van der Waals surface area (Å²) in [6.45, 7) is 3.94. The van der Waals surface area contributed by atoms with E-state index in [1.165, 1.54) is 11.1 Å². The van der Waals surface area contributed by atoms with Crippen LogP contribution in [-0.2, 0) is 0 Å². The van der Waals surface area contributed by atoms with E-state index in [0.717, 1.165) is 31.9 Å². The molecule has 2 N–H and O–H groups in total. The molecule has 4 heteroatoms. The zero-order valence-corrected chi connectivity index (χ0v) is 12.9. The Morgan fingerprint density at radius 2 is 1.48 bits per heavy atom. The van der Waals surface area contributed by atoms with E-state index in [4.69, 9.17) is 5.73 Å². The second-order valence-corrected chi connectivity index (χ2v) is 6.00. The van der Waals surface area contributed by atoms with Crippen LogP contribution in [0.15, 0.2) is 54.6 Å². The predicted molar refractivity (Wildman–Crippen MR) is 91.3 cm³/mol. The van der Waals surface area contributed by atoms with Crippen LogP contribution >= 0.6 is 12.8 Å². The molecule has 0 bridgehead atoms. The number of hydrogen-bond donors (Lipinski definition) is 2. The van der Waals surface area contributed by atoms with E-state index < -0.39 is 0 Å². The molecule has 2 aromatic rings. The lowest BCUT2D eigenvalue weighted by Crippen LogP contribution is -2.44. The lowest BCUT2D eigenvalue weighted by Gasteiger charge is -2.38. The summed E-state index contributed by atoms with van der Waals surface area (Å²) < 4.78 is 2.08. The predicted octanol–water partition coefficient (Wildman–Crippen LogP) is 2.82. The first-order valence-electron chi connectivity index (χ1n) is 7.33. The van der Waals surface area contributed by atoms with Crippen LogP contribution < -0.4 is 5.73 Å². The van der Waals surface area contributed by atoms with Crippen LogP contribution in [0.25, 0.3) is 0 Å². The van der Waals surface area contributed by atoms with Crippen LogP contribution in [-0.4, -0.2) is 35.4 Å². The Morgan fingerprint density at radius 1 is 0.857 bits per heavy atom. The highest BCUT2D eigenvalue weighted by molar-refractivity contribution is 7.77. The molecule has 1 aliphatic rings. The summed E-state index contributed by atoms with van der Waals surface area (Å²) in [4.78, 5) is 2.49. The maximum absolute atomic E-state index is 6.24. The zero-order valence-electron chi connectivity index (χ0n) is 12.0. The average Bonchev–Trinajstić information content (AvgIpc) is 2.52. The van der Waals surface area contributed by atoms with Gasteiger partial charge < -0.3 is 5.73 Å². The Hall–Kier alpha value is -1.49. The van der Waals surface area contributed by atoms with Crippen LogP contribution in [0.5, 0.6) is 0 Å². The van der Waals surface area contributed by atoms with Crippen LogP contribution in [0.3, 0.4) is 0 Å². The van der Waals surface area contributed by atoms with Gasteiger partial charge in [-0.25, -0.2) is 0 Å². The maximum atomic E-state index is 6.24. The summed E-state index contributed by atoms with van der Waals surface area (Å²) in [6.07, 6.45) is 0. The van der Waals surface area contributed by atoms with Crippen molar-refractivity contribution in [1.82, 2.24) is 9.21 Å². The molecule has 1 aliphatic heterocycles. The zero-order chi connectivity index (χ0) is 14.7. The molecule has 2 aromatic carbocycles. The monoisotopic (exact) mass is 299 g/mol. The van der Waals surface area contributed by atoms with Gasteiger partial charge >= 0.3 is 0 Å². The van der Waals surface area contributed by atoms with Crippen molar-refractivity contribution < 1.29 is 0 Å². The van der Waals surface area contributed by atoms with Crippen molar-refractivity contribution in [3.05, 3.63) is 65.7 Å². The lowest BCUT2D eigenvalue weighted by molar-refractivity contribution is 0.163. The highest BCUT2D eigenvalue weighted by atomic mass is 32.1. The Labute approximate surface area is 131 Å². The smallest absolute Gasteiger partial charge is 0.0623 e. The molecule has 0 aromatic heterocycles. The van der Waals surface area contributed by atoms with Gasteiger partial charge in [0.25, 0.3) is 0 Å². The lowest BCUT2D eigenvalue weighted by atomic mass is 9.95. The Kier molecular flexibility index (Phi) is 4.48. The normalized spacial score (nSPS) is 18.5. The van der Waals surface area contributed by atoms with Gasteiger partial charge in [0.05, 0.1) is 6.04 Å². The van der Waals surface area contributed by atoms with E-state index in [2.05, 4.69) is 64.5 Å². The topological polar surface area (TPSA) is 32.5 Å². The Morgan fingerprint density at radius 3 is 2.14 bits per heavy atom. The van der Waals surface area contributed by atoms with E-state index in [-0.39, 0.29) is 6.04 Å². The number of nitrogens with two attached hydrogens (primary N) is 1. The number of nitrogen functional groups attached to an aromatic ring is 1. The Balaban J connectivity index is 1.98. The molecule has 1 atom stereocenters. The van der Waals surface area contributed by atoms with Gasteiger partial charge in [-0.15, -0.1) is 0 Å². The minimum absolute atomic E-state index is 0.217. The molecule has 0 aliphatic carbocycles. The third-order valence-electron chi connectivity index (χ3n) is 4.06. The summed E-state index contributed by atoms with van der Waals surface area (Å²) in [5.41, 5.74) is 9.59. The molecule has 0 radical (unpaired) electrons. The van der Waals surface area contributed by atoms with E-state index in [1.807, 2.05) is 12.1 Å². The number of piperazine rings is 1. The summed E-state index contributed by atoms with van der Waals surface area (Å²) in [6, 6.07) is 19.0. The van der Waals surface area contributed by atoms with E-state index in [1.54, 1.807) is 0 Å². The van der Waals surface area contributed by atoms with Gasteiger partial charge in [0.2, 0.25) is 0 Å². The van der Waals surface area contributed by atoms with Gasteiger partial charge in [-0.2, -0.15) is 0 Å². The summed E-state index contributed by atoms with van der Waals surface area (Å²) in [5.74, 6) is 0. The van der Waals surface area contributed by atoms with Crippen molar-refractivity contribution in [3.63, 3.8) is 0 Å². The minimum atomic E-state index is 0.217. The minimum Gasteiger partial charge on any atom is -0.398 e. The first-order chi connectivity index (χ1) is 10.3. The van der Waals surface area contributed by atoms with Crippen LogP contribution in [0.2, 0.25) is 0 Å². The molecular formula is C17H21N3S. The highest BCUT2D eigenvalue weighted by Gasteiger charge is 2.26. The first-order valence-corrected chi connectivity index (χ1v) is 7.73. The number of para-hydroxylation sites is 1. The Bertz CT molecular complexity index is 580. The van der Waals surface area contributed by atoms with Crippen molar-refractivity contribution >= 4 is 18.5 Å². The van der Waals surface area contributed by atoms with E-state index in [0.29, 0.717) is 0 Å². The van der Waals surface area contributed by atoms with Gasteiger partial charge in [0, 0.05) is 31.9 Å². The van der Waals surface area contributed by atoms with Crippen molar-refractivity contribution in [2.75, 3.05) is 31.9 Å². The standard InChI is InChI=1S/C17H21N3S/c18-16-9-5-4-8-15(16)17(14-6-2-1-3-7-14)19-10-12-20(21)13-11-19/h1-9,17,21H,10-13,18H2.